The van der Waals surface area contributed by atoms with Crippen molar-refractivity contribution in [1.29, 1.82) is 0 Å². The van der Waals surface area contributed by atoms with Gasteiger partial charge in [0.25, 0.3) is 0 Å². The first-order valence-electron chi connectivity index (χ1n) is 4.32. The van der Waals surface area contributed by atoms with Gasteiger partial charge in [0, 0.05) is 6.04 Å². The minimum Gasteiger partial charge on any atom is -0.388 e. The summed E-state index contributed by atoms with van der Waals surface area (Å²) in [5.41, 5.74) is 0. The summed E-state index contributed by atoms with van der Waals surface area (Å²) in [6.45, 7) is 2.14. The number of aliphatic hydroxyl groups excluding tert-OH is 1. The van der Waals surface area contributed by atoms with Crippen LogP contribution >= 0.6 is 0 Å². The van der Waals surface area contributed by atoms with Crippen LogP contribution in [0.1, 0.15) is 31.6 Å². The average Bonchev–Trinajstić information content (AvgIpc) is 2.82. The van der Waals surface area contributed by atoms with E-state index in [1.807, 2.05) is 4.57 Å². The highest BCUT2D eigenvalue weighted by molar-refractivity contribution is 4.91. The van der Waals surface area contributed by atoms with E-state index in [4.69, 9.17) is 5.11 Å². The fourth-order valence-electron chi connectivity index (χ4n) is 1.53. The Morgan fingerprint density at radius 3 is 3.08 bits per heavy atom. The van der Waals surface area contributed by atoms with Gasteiger partial charge in [-0.2, -0.15) is 0 Å². The number of hydrogen-bond donors (Lipinski definition) is 1. The molecule has 0 amide bonds. The standard InChI is InChI=1S/C8H13N3O/c1-6(7-2-3-7)11-5-9-10-8(11)4-12/h5-7,12H,2-4H2,1H3. The maximum atomic E-state index is 8.94. The fraction of sp³-hybridized carbons (Fsp3) is 0.750. The molecule has 1 aliphatic carbocycles. The number of aliphatic hydroxyl groups is 1. The smallest absolute Gasteiger partial charge is 0.158 e. The van der Waals surface area contributed by atoms with Crippen LogP contribution in [0.4, 0.5) is 0 Å². The third kappa shape index (κ3) is 1.22. The first-order chi connectivity index (χ1) is 5.83. The Hall–Kier alpha value is -0.900. The molecule has 2 rings (SSSR count). The molecule has 1 saturated carbocycles. The van der Waals surface area contributed by atoms with E-state index in [2.05, 4.69) is 17.1 Å². The quantitative estimate of drug-likeness (QED) is 0.722. The van der Waals surface area contributed by atoms with Crippen molar-refractivity contribution in [1.82, 2.24) is 14.8 Å². The lowest BCUT2D eigenvalue weighted by Gasteiger charge is -2.12. The van der Waals surface area contributed by atoms with E-state index < -0.39 is 0 Å². The van der Waals surface area contributed by atoms with Gasteiger partial charge < -0.3 is 9.67 Å². The zero-order valence-corrected chi connectivity index (χ0v) is 7.14. The minimum atomic E-state index is -0.0168. The molecular formula is C8H13N3O. The molecule has 0 spiro atoms. The van der Waals surface area contributed by atoms with Crippen LogP contribution in [-0.4, -0.2) is 19.9 Å². The van der Waals surface area contributed by atoms with E-state index in [1.54, 1.807) is 6.33 Å². The Labute approximate surface area is 71.2 Å². The second-order valence-corrected chi connectivity index (χ2v) is 3.39. The number of rotatable bonds is 3. The molecule has 0 saturated heterocycles. The maximum Gasteiger partial charge on any atom is 0.158 e. The van der Waals surface area contributed by atoms with E-state index in [0.29, 0.717) is 11.9 Å². The maximum absolute atomic E-state index is 8.94. The number of hydrogen-bond acceptors (Lipinski definition) is 3. The van der Waals surface area contributed by atoms with Crippen molar-refractivity contribution >= 4 is 0 Å². The van der Waals surface area contributed by atoms with Gasteiger partial charge in [0.2, 0.25) is 0 Å². The van der Waals surface area contributed by atoms with E-state index in [1.165, 1.54) is 12.8 Å². The predicted molar refractivity (Wildman–Crippen MR) is 43.4 cm³/mol. The van der Waals surface area contributed by atoms with Crippen LogP contribution in [0, 0.1) is 5.92 Å². The molecule has 4 nitrogen and oxygen atoms in total. The summed E-state index contributed by atoms with van der Waals surface area (Å²) in [4.78, 5) is 0. The van der Waals surface area contributed by atoms with Crippen molar-refractivity contribution in [2.45, 2.75) is 32.4 Å². The Bertz CT molecular complexity index is 267. The molecule has 0 aliphatic heterocycles. The Kier molecular flexibility index (Phi) is 1.84. The molecule has 0 bridgehead atoms. The van der Waals surface area contributed by atoms with Crippen LogP contribution in [0.3, 0.4) is 0 Å². The summed E-state index contributed by atoms with van der Waals surface area (Å²) in [7, 11) is 0. The van der Waals surface area contributed by atoms with Gasteiger partial charge in [-0.15, -0.1) is 10.2 Å². The SMILES string of the molecule is CC(C1CC1)n1cnnc1CO. The number of aromatic nitrogens is 3. The normalized spacial score (nSPS) is 19.5. The van der Waals surface area contributed by atoms with Crippen LogP contribution in [-0.2, 0) is 6.61 Å². The monoisotopic (exact) mass is 167 g/mol. The fourth-order valence-corrected chi connectivity index (χ4v) is 1.53. The molecule has 0 aromatic carbocycles. The van der Waals surface area contributed by atoms with E-state index >= 15 is 0 Å². The third-order valence-electron chi connectivity index (χ3n) is 2.53. The summed E-state index contributed by atoms with van der Waals surface area (Å²) in [5, 5.41) is 16.5. The highest BCUT2D eigenvalue weighted by atomic mass is 16.3. The highest BCUT2D eigenvalue weighted by Gasteiger charge is 2.30. The first-order valence-corrected chi connectivity index (χ1v) is 4.32. The van der Waals surface area contributed by atoms with Crippen LogP contribution in [0.5, 0.6) is 0 Å². The number of nitrogens with zero attached hydrogens (tertiary/aromatic N) is 3. The molecule has 1 aromatic heterocycles. The minimum absolute atomic E-state index is 0.0168. The molecule has 1 fully saturated rings. The lowest BCUT2D eigenvalue weighted by molar-refractivity contribution is 0.259. The van der Waals surface area contributed by atoms with Gasteiger partial charge in [0.15, 0.2) is 5.82 Å². The Morgan fingerprint density at radius 1 is 1.75 bits per heavy atom. The van der Waals surface area contributed by atoms with Gasteiger partial charge in [-0.25, -0.2) is 0 Å². The summed E-state index contributed by atoms with van der Waals surface area (Å²) < 4.78 is 1.97. The topological polar surface area (TPSA) is 50.9 Å². The second-order valence-electron chi connectivity index (χ2n) is 3.39. The third-order valence-corrected chi connectivity index (χ3v) is 2.53. The van der Waals surface area contributed by atoms with E-state index in [9.17, 15) is 0 Å². The summed E-state index contributed by atoms with van der Waals surface area (Å²) in [6.07, 6.45) is 4.29. The van der Waals surface area contributed by atoms with Crippen LogP contribution in [0.2, 0.25) is 0 Å². The molecule has 1 unspecified atom stereocenters. The molecule has 0 radical (unpaired) electrons. The molecule has 1 aliphatic rings. The van der Waals surface area contributed by atoms with Gasteiger partial charge >= 0.3 is 0 Å². The summed E-state index contributed by atoms with van der Waals surface area (Å²) >= 11 is 0. The average molecular weight is 167 g/mol. The van der Waals surface area contributed by atoms with Crippen molar-refractivity contribution in [3.63, 3.8) is 0 Å². The first kappa shape index (κ1) is 7.73. The van der Waals surface area contributed by atoms with Crippen LogP contribution < -0.4 is 0 Å². The zero-order valence-electron chi connectivity index (χ0n) is 7.14. The zero-order chi connectivity index (χ0) is 8.55. The van der Waals surface area contributed by atoms with Gasteiger partial charge in [-0.05, 0) is 25.7 Å². The van der Waals surface area contributed by atoms with E-state index in [0.717, 1.165) is 5.92 Å². The van der Waals surface area contributed by atoms with Crippen molar-refractivity contribution in [3.8, 4) is 0 Å². The molecular weight excluding hydrogens is 154 g/mol. The summed E-state index contributed by atoms with van der Waals surface area (Å²) in [6, 6.07) is 0.446. The molecule has 1 aromatic rings. The van der Waals surface area contributed by atoms with Crippen molar-refractivity contribution in [2.75, 3.05) is 0 Å². The molecule has 4 heteroatoms. The Morgan fingerprint density at radius 2 is 2.50 bits per heavy atom. The Balaban J connectivity index is 2.19. The van der Waals surface area contributed by atoms with Crippen molar-refractivity contribution < 1.29 is 5.11 Å². The van der Waals surface area contributed by atoms with Crippen LogP contribution in [0.25, 0.3) is 0 Å². The van der Waals surface area contributed by atoms with E-state index in [-0.39, 0.29) is 6.61 Å². The molecule has 1 N–H and O–H groups in total. The van der Waals surface area contributed by atoms with Crippen molar-refractivity contribution in [2.24, 2.45) is 5.92 Å². The predicted octanol–water partition coefficient (Wildman–Crippen LogP) is 0.741. The van der Waals surface area contributed by atoms with Gasteiger partial charge in [0.1, 0.15) is 12.9 Å². The van der Waals surface area contributed by atoms with Crippen LogP contribution in [0.15, 0.2) is 6.33 Å². The molecule has 66 valence electrons. The van der Waals surface area contributed by atoms with Gasteiger partial charge in [-0.3, -0.25) is 0 Å². The lowest BCUT2D eigenvalue weighted by atomic mass is 10.2. The van der Waals surface area contributed by atoms with Gasteiger partial charge in [0.05, 0.1) is 0 Å². The highest BCUT2D eigenvalue weighted by Crippen LogP contribution is 2.39. The largest absolute Gasteiger partial charge is 0.388 e. The summed E-state index contributed by atoms with van der Waals surface area (Å²) in [5.74, 6) is 1.45. The molecule has 1 heterocycles. The van der Waals surface area contributed by atoms with Gasteiger partial charge in [-0.1, -0.05) is 0 Å². The van der Waals surface area contributed by atoms with Crippen molar-refractivity contribution in [3.05, 3.63) is 12.2 Å². The molecule has 12 heavy (non-hydrogen) atoms. The molecule has 1 atom stereocenters. The lowest BCUT2D eigenvalue weighted by Crippen LogP contribution is -2.10. The second kappa shape index (κ2) is 2.86.